The molecule has 1 amide bonds. The van der Waals surface area contributed by atoms with E-state index in [1.54, 1.807) is 0 Å². The minimum absolute atomic E-state index is 0.167. The Bertz CT molecular complexity index is 622. The molecule has 25 heavy (non-hydrogen) atoms. The molecule has 0 aliphatic rings. The summed E-state index contributed by atoms with van der Waals surface area (Å²) in [5, 5.41) is 12.7. The number of benzene rings is 1. The first kappa shape index (κ1) is 21.2. The number of unbranched alkanes of at least 4 members (excludes halogenated alkanes) is 1. The summed E-state index contributed by atoms with van der Waals surface area (Å²) in [4.78, 5) is 24.7. The molecule has 1 aromatic carbocycles. The second-order valence-electron chi connectivity index (χ2n) is 7.11. The number of aryl methyl sites for hydroxylation is 2. The predicted molar refractivity (Wildman–Crippen MR) is 103 cm³/mol. The molecule has 0 aromatic heterocycles. The summed E-state index contributed by atoms with van der Waals surface area (Å²) in [6.07, 6.45) is 3.69. The van der Waals surface area contributed by atoms with Gasteiger partial charge in [-0.2, -0.15) is 0 Å². The van der Waals surface area contributed by atoms with E-state index in [-0.39, 0.29) is 5.91 Å². The minimum atomic E-state index is -0.865. The molecule has 0 aliphatic carbocycles. The van der Waals surface area contributed by atoms with Gasteiger partial charge in [0.15, 0.2) is 0 Å². The molecule has 4 heteroatoms. The third-order valence-corrected chi connectivity index (χ3v) is 5.21. The molecule has 0 aliphatic heterocycles. The van der Waals surface area contributed by atoms with Gasteiger partial charge in [-0.15, -0.1) is 0 Å². The lowest BCUT2D eigenvalue weighted by Gasteiger charge is -2.24. The predicted octanol–water partition coefficient (Wildman–Crippen LogP) is 5.17. The number of rotatable bonds is 9. The van der Waals surface area contributed by atoms with Crippen molar-refractivity contribution in [3.05, 3.63) is 28.3 Å². The minimum Gasteiger partial charge on any atom is -0.481 e. The highest BCUT2D eigenvalue weighted by Gasteiger charge is 2.33. The van der Waals surface area contributed by atoms with Gasteiger partial charge < -0.3 is 10.4 Å². The number of amides is 1. The van der Waals surface area contributed by atoms with E-state index in [4.69, 9.17) is 0 Å². The van der Waals surface area contributed by atoms with Crippen LogP contribution in [-0.2, 0) is 9.59 Å². The van der Waals surface area contributed by atoms with Crippen LogP contribution >= 0.6 is 0 Å². The maximum absolute atomic E-state index is 12.9. The van der Waals surface area contributed by atoms with Crippen molar-refractivity contribution in [3.8, 4) is 0 Å². The Morgan fingerprint density at radius 1 is 0.960 bits per heavy atom. The van der Waals surface area contributed by atoms with E-state index < -0.39 is 17.8 Å². The van der Waals surface area contributed by atoms with Gasteiger partial charge in [-0.25, -0.2) is 0 Å². The molecule has 0 saturated heterocycles. The molecule has 2 N–H and O–H groups in total. The molecule has 1 rings (SSSR count). The van der Waals surface area contributed by atoms with Crippen molar-refractivity contribution >= 4 is 17.6 Å². The normalized spacial score (nSPS) is 13.4. The molecular weight excluding hydrogens is 314 g/mol. The van der Waals surface area contributed by atoms with E-state index in [2.05, 4.69) is 18.3 Å². The van der Waals surface area contributed by atoms with Gasteiger partial charge in [0.1, 0.15) is 0 Å². The van der Waals surface area contributed by atoms with Crippen LogP contribution in [0.3, 0.4) is 0 Å². The van der Waals surface area contributed by atoms with Crippen LogP contribution in [0, 0.1) is 39.5 Å². The molecule has 0 fully saturated rings. The van der Waals surface area contributed by atoms with Crippen LogP contribution in [0.5, 0.6) is 0 Å². The van der Waals surface area contributed by atoms with E-state index in [0.717, 1.165) is 41.6 Å². The highest BCUT2D eigenvalue weighted by atomic mass is 16.4. The van der Waals surface area contributed by atoms with Gasteiger partial charge in [-0.3, -0.25) is 9.59 Å². The largest absolute Gasteiger partial charge is 0.481 e. The number of hydrogen-bond donors (Lipinski definition) is 2. The van der Waals surface area contributed by atoms with Crippen molar-refractivity contribution in [2.24, 2.45) is 11.8 Å². The number of carbonyl (C=O) groups excluding carboxylic acids is 1. The molecule has 0 heterocycles. The second kappa shape index (κ2) is 9.59. The molecule has 1 aromatic rings. The van der Waals surface area contributed by atoms with Crippen molar-refractivity contribution in [3.63, 3.8) is 0 Å². The summed E-state index contributed by atoms with van der Waals surface area (Å²) >= 11 is 0. The van der Waals surface area contributed by atoms with Crippen molar-refractivity contribution in [2.75, 3.05) is 5.32 Å². The number of nitrogens with one attached hydrogen (secondary N) is 1. The van der Waals surface area contributed by atoms with E-state index in [1.807, 2.05) is 34.6 Å². The fourth-order valence-corrected chi connectivity index (χ4v) is 3.44. The Kier molecular flexibility index (Phi) is 8.14. The van der Waals surface area contributed by atoms with Crippen LogP contribution in [0.4, 0.5) is 5.69 Å². The highest BCUT2D eigenvalue weighted by molar-refractivity contribution is 5.96. The highest BCUT2D eigenvalue weighted by Crippen LogP contribution is 2.29. The van der Waals surface area contributed by atoms with Crippen molar-refractivity contribution in [1.82, 2.24) is 0 Å². The number of anilines is 1. The van der Waals surface area contributed by atoms with E-state index in [9.17, 15) is 14.7 Å². The number of carboxylic acid groups (broad SMARTS) is 1. The number of hydrogen-bond acceptors (Lipinski definition) is 2. The third kappa shape index (κ3) is 5.32. The molecule has 0 radical (unpaired) electrons. The Labute approximate surface area is 152 Å². The van der Waals surface area contributed by atoms with Crippen LogP contribution < -0.4 is 5.32 Å². The van der Waals surface area contributed by atoms with Crippen LogP contribution in [-0.4, -0.2) is 17.0 Å². The quantitative estimate of drug-likeness (QED) is 0.648. The Morgan fingerprint density at radius 3 is 2.12 bits per heavy atom. The maximum Gasteiger partial charge on any atom is 0.307 e. The number of carbonyl (C=O) groups is 2. The fourth-order valence-electron chi connectivity index (χ4n) is 3.44. The number of aliphatic carboxylic acids is 1. The fraction of sp³-hybridized carbons (Fsp3) is 0.619. The van der Waals surface area contributed by atoms with Crippen LogP contribution in [0.1, 0.15) is 68.2 Å². The molecular formula is C21H33NO3. The zero-order valence-electron chi connectivity index (χ0n) is 16.5. The first-order chi connectivity index (χ1) is 11.7. The summed E-state index contributed by atoms with van der Waals surface area (Å²) in [5.74, 6) is -2.14. The average Bonchev–Trinajstić information content (AvgIpc) is 2.55. The van der Waals surface area contributed by atoms with E-state index >= 15 is 0 Å². The first-order valence-electron chi connectivity index (χ1n) is 9.35. The summed E-state index contributed by atoms with van der Waals surface area (Å²) in [5.41, 5.74) is 5.26. The van der Waals surface area contributed by atoms with Gasteiger partial charge in [-0.05, 0) is 62.8 Å². The van der Waals surface area contributed by atoms with Crippen molar-refractivity contribution in [2.45, 2.75) is 73.6 Å². The van der Waals surface area contributed by atoms with Gasteiger partial charge in [-0.1, -0.05) is 39.2 Å². The molecule has 0 bridgehead atoms. The Balaban J connectivity index is 3.12. The average molecular weight is 347 g/mol. The van der Waals surface area contributed by atoms with Crippen molar-refractivity contribution < 1.29 is 14.7 Å². The Hall–Kier alpha value is -1.84. The molecule has 140 valence electrons. The zero-order valence-corrected chi connectivity index (χ0v) is 16.5. The topological polar surface area (TPSA) is 66.4 Å². The van der Waals surface area contributed by atoms with Crippen LogP contribution in [0.25, 0.3) is 0 Å². The molecule has 0 saturated carbocycles. The smallest absolute Gasteiger partial charge is 0.307 e. The SMILES string of the molecule is CCCCC(C(=O)O)C(CCC)C(=O)Nc1c(C)cc(C)c(C)c1C. The first-order valence-corrected chi connectivity index (χ1v) is 9.35. The van der Waals surface area contributed by atoms with E-state index in [0.29, 0.717) is 12.8 Å². The number of carboxylic acids is 1. The molecule has 2 unspecified atom stereocenters. The van der Waals surface area contributed by atoms with Gasteiger partial charge >= 0.3 is 5.97 Å². The lowest BCUT2D eigenvalue weighted by atomic mass is 9.84. The Morgan fingerprint density at radius 2 is 1.60 bits per heavy atom. The summed E-state index contributed by atoms with van der Waals surface area (Å²) in [6, 6.07) is 2.07. The monoisotopic (exact) mass is 347 g/mol. The van der Waals surface area contributed by atoms with Gasteiger partial charge in [0.2, 0.25) is 5.91 Å². The van der Waals surface area contributed by atoms with Gasteiger partial charge in [0.25, 0.3) is 0 Å². The third-order valence-electron chi connectivity index (χ3n) is 5.21. The second-order valence-corrected chi connectivity index (χ2v) is 7.11. The van der Waals surface area contributed by atoms with Gasteiger partial charge in [0, 0.05) is 5.69 Å². The lowest BCUT2D eigenvalue weighted by Crippen LogP contribution is -2.34. The zero-order chi connectivity index (χ0) is 19.1. The van der Waals surface area contributed by atoms with Gasteiger partial charge in [0.05, 0.1) is 11.8 Å². The summed E-state index contributed by atoms with van der Waals surface area (Å²) in [7, 11) is 0. The molecule has 2 atom stereocenters. The molecule has 0 spiro atoms. The molecule has 4 nitrogen and oxygen atoms in total. The van der Waals surface area contributed by atoms with Crippen molar-refractivity contribution in [1.29, 1.82) is 0 Å². The standard InChI is InChI=1S/C21H33NO3/c1-7-9-11-18(21(24)25)17(10-8-2)20(23)22-19-14(4)12-13(3)15(5)16(19)6/h12,17-18H,7-11H2,1-6H3,(H,22,23)(H,24,25). The van der Waals surface area contributed by atoms with Crippen LogP contribution in [0.2, 0.25) is 0 Å². The lowest BCUT2D eigenvalue weighted by molar-refractivity contribution is -0.146. The summed E-state index contributed by atoms with van der Waals surface area (Å²) < 4.78 is 0. The van der Waals surface area contributed by atoms with E-state index in [1.165, 1.54) is 5.56 Å². The maximum atomic E-state index is 12.9. The summed E-state index contributed by atoms with van der Waals surface area (Å²) in [6.45, 7) is 12.1. The van der Waals surface area contributed by atoms with Crippen LogP contribution in [0.15, 0.2) is 6.07 Å².